The Labute approximate surface area is 335 Å². The molecule has 0 bridgehead atoms. The molecule has 1 aliphatic carbocycles. The molecule has 0 N–H and O–H groups in total. The quantitative estimate of drug-likeness (QED) is 0.151. The maximum absolute atomic E-state index is 2.45. The minimum Gasteiger partial charge on any atom is -0.310 e. The minimum absolute atomic E-state index is 0.491. The summed E-state index contributed by atoms with van der Waals surface area (Å²) in [4.78, 5) is 2.41. The fraction of sp³-hybridized carbons (Fsp3) is 0.0357. The molecule has 0 heterocycles. The molecule has 9 aromatic carbocycles. The molecular weight excluding hydrogens is 687 g/mol. The van der Waals surface area contributed by atoms with Gasteiger partial charge in [0.05, 0.1) is 5.41 Å². The zero-order valence-corrected chi connectivity index (χ0v) is 31.9. The van der Waals surface area contributed by atoms with E-state index in [1.807, 2.05) is 0 Å². The van der Waals surface area contributed by atoms with Crippen LogP contribution in [0.3, 0.4) is 0 Å². The first-order valence-electron chi connectivity index (χ1n) is 19.8. The number of hydrogen-bond acceptors (Lipinski definition) is 1. The Bertz CT molecular complexity index is 2790. The van der Waals surface area contributed by atoms with Crippen LogP contribution in [-0.2, 0) is 5.41 Å². The Hall–Kier alpha value is -7.22. The third-order valence-electron chi connectivity index (χ3n) is 11.7. The Morgan fingerprint density at radius 2 is 0.684 bits per heavy atom. The molecule has 0 aromatic heterocycles. The summed E-state index contributed by atoms with van der Waals surface area (Å²) in [7, 11) is 0. The molecule has 1 heteroatoms. The van der Waals surface area contributed by atoms with Crippen molar-refractivity contribution < 1.29 is 0 Å². The highest BCUT2D eigenvalue weighted by atomic mass is 15.1. The highest BCUT2D eigenvalue weighted by Gasteiger charge is 2.46. The van der Waals surface area contributed by atoms with E-state index in [1.54, 1.807) is 0 Å². The monoisotopic (exact) mass is 727 g/mol. The fourth-order valence-electron chi connectivity index (χ4n) is 8.86. The first-order chi connectivity index (χ1) is 28.2. The van der Waals surface area contributed by atoms with Crippen molar-refractivity contribution in [3.05, 3.63) is 258 Å². The van der Waals surface area contributed by atoms with Gasteiger partial charge in [0.1, 0.15) is 0 Å². The van der Waals surface area contributed by atoms with Crippen LogP contribution in [0.5, 0.6) is 0 Å². The van der Waals surface area contributed by atoms with Crippen molar-refractivity contribution in [3.8, 4) is 44.5 Å². The van der Waals surface area contributed by atoms with Gasteiger partial charge in [-0.25, -0.2) is 0 Å². The SMILES string of the molecule is Cc1ccc(C2(c3ccccc3)c3ccccc3-c3ccc(N(c4ccc(-c5ccccc5)cc4)c4ccc(-c5ccc(-c6ccccc6)cc5)cc4)cc32)cc1. The molecule has 0 saturated heterocycles. The summed E-state index contributed by atoms with van der Waals surface area (Å²) in [5.41, 5.74) is 19.0. The van der Waals surface area contributed by atoms with Gasteiger partial charge in [-0.2, -0.15) is 0 Å². The molecule has 1 nitrogen and oxygen atoms in total. The Balaban J connectivity index is 1.13. The summed E-state index contributed by atoms with van der Waals surface area (Å²) in [6, 6.07) is 84.4. The van der Waals surface area contributed by atoms with E-state index in [9.17, 15) is 0 Å². The third-order valence-corrected chi connectivity index (χ3v) is 11.7. The lowest BCUT2D eigenvalue weighted by Gasteiger charge is -2.35. The molecule has 10 rings (SSSR count). The predicted octanol–water partition coefficient (Wildman–Crippen LogP) is 14.8. The van der Waals surface area contributed by atoms with Crippen molar-refractivity contribution >= 4 is 17.1 Å². The molecule has 0 saturated carbocycles. The van der Waals surface area contributed by atoms with Crippen LogP contribution >= 0.6 is 0 Å². The second kappa shape index (κ2) is 14.5. The van der Waals surface area contributed by atoms with E-state index < -0.39 is 5.41 Å². The number of rotatable bonds is 8. The van der Waals surface area contributed by atoms with Gasteiger partial charge in [0, 0.05) is 17.1 Å². The molecule has 1 aliphatic rings. The average molecular weight is 728 g/mol. The number of anilines is 3. The lowest BCUT2D eigenvalue weighted by Crippen LogP contribution is -2.28. The summed E-state index contributed by atoms with van der Waals surface area (Å²) in [5, 5.41) is 0. The summed E-state index contributed by atoms with van der Waals surface area (Å²) >= 11 is 0. The second-order valence-corrected chi connectivity index (χ2v) is 15.0. The van der Waals surface area contributed by atoms with Gasteiger partial charge in [0.2, 0.25) is 0 Å². The van der Waals surface area contributed by atoms with Crippen LogP contribution in [0, 0.1) is 6.92 Å². The maximum Gasteiger partial charge on any atom is 0.0714 e. The number of nitrogens with zero attached hydrogens (tertiary/aromatic N) is 1. The van der Waals surface area contributed by atoms with Crippen molar-refractivity contribution in [3.63, 3.8) is 0 Å². The topological polar surface area (TPSA) is 3.24 Å². The fourth-order valence-corrected chi connectivity index (χ4v) is 8.86. The van der Waals surface area contributed by atoms with Gasteiger partial charge in [0.15, 0.2) is 0 Å². The van der Waals surface area contributed by atoms with E-state index in [2.05, 4.69) is 242 Å². The average Bonchev–Trinajstić information content (AvgIpc) is 3.58. The van der Waals surface area contributed by atoms with E-state index >= 15 is 0 Å². The number of hydrogen-bond donors (Lipinski definition) is 0. The first kappa shape index (κ1) is 34.3. The van der Waals surface area contributed by atoms with Gasteiger partial charge in [-0.1, -0.05) is 200 Å². The molecule has 1 unspecified atom stereocenters. The van der Waals surface area contributed by atoms with Gasteiger partial charge >= 0.3 is 0 Å². The van der Waals surface area contributed by atoms with Crippen molar-refractivity contribution in [1.82, 2.24) is 0 Å². The molecule has 0 spiro atoms. The van der Waals surface area contributed by atoms with Crippen LogP contribution < -0.4 is 4.90 Å². The lowest BCUT2D eigenvalue weighted by molar-refractivity contribution is 0.768. The predicted molar refractivity (Wildman–Crippen MR) is 239 cm³/mol. The van der Waals surface area contributed by atoms with Crippen LogP contribution in [-0.4, -0.2) is 0 Å². The largest absolute Gasteiger partial charge is 0.310 e. The van der Waals surface area contributed by atoms with Crippen LogP contribution in [0.1, 0.15) is 27.8 Å². The molecule has 9 aromatic rings. The summed E-state index contributed by atoms with van der Waals surface area (Å²) in [6.07, 6.45) is 0. The molecule has 0 radical (unpaired) electrons. The standard InChI is InChI=1S/C56H41N/c1-40-21-31-48(32-22-40)56(47-17-9-4-10-18-47)54-20-12-11-19-52(54)53-38-37-51(39-55(53)56)57(49-33-27-45(28-34-49)42-15-7-3-8-16-42)50-35-29-46(30-36-50)44-25-23-43(24-26-44)41-13-5-2-6-14-41/h2-39H,1H3. The van der Waals surface area contributed by atoms with E-state index in [0.29, 0.717) is 0 Å². The van der Waals surface area contributed by atoms with Gasteiger partial charge in [-0.05, 0) is 110 Å². The van der Waals surface area contributed by atoms with Crippen LogP contribution in [0.4, 0.5) is 17.1 Å². The Kier molecular flexibility index (Phi) is 8.69. The molecular formula is C56H41N. The first-order valence-corrected chi connectivity index (χ1v) is 19.8. The van der Waals surface area contributed by atoms with Crippen molar-refractivity contribution in [2.45, 2.75) is 12.3 Å². The molecule has 0 aliphatic heterocycles. The molecule has 0 fully saturated rings. The third kappa shape index (κ3) is 6.05. The van der Waals surface area contributed by atoms with E-state index in [-0.39, 0.29) is 0 Å². The second-order valence-electron chi connectivity index (χ2n) is 15.0. The zero-order valence-electron chi connectivity index (χ0n) is 31.9. The van der Waals surface area contributed by atoms with Gasteiger partial charge in [-0.15, -0.1) is 0 Å². The van der Waals surface area contributed by atoms with Crippen molar-refractivity contribution in [1.29, 1.82) is 0 Å². The maximum atomic E-state index is 2.45. The number of benzene rings is 9. The molecule has 0 amide bonds. The van der Waals surface area contributed by atoms with Crippen molar-refractivity contribution in [2.75, 3.05) is 4.90 Å². The Morgan fingerprint density at radius 3 is 1.21 bits per heavy atom. The van der Waals surface area contributed by atoms with Crippen LogP contribution in [0.25, 0.3) is 44.5 Å². The zero-order chi connectivity index (χ0) is 38.2. The van der Waals surface area contributed by atoms with Gasteiger partial charge in [-0.3, -0.25) is 0 Å². The smallest absolute Gasteiger partial charge is 0.0714 e. The van der Waals surface area contributed by atoms with Gasteiger partial charge < -0.3 is 4.90 Å². The number of aryl methyl sites for hydroxylation is 1. The molecule has 270 valence electrons. The normalized spacial score (nSPS) is 14.1. The molecule has 1 atom stereocenters. The van der Waals surface area contributed by atoms with Gasteiger partial charge in [0.25, 0.3) is 0 Å². The summed E-state index contributed by atoms with van der Waals surface area (Å²) in [6.45, 7) is 2.17. The van der Waals surface area contributed by atoms with Crippen LogP contribution in [0.15, 0.2) is 231 Å². The molecule has 57 heavy (non-hydrogen) atoms. The van der Waals surface area contributed by atoms with Crippen LogP contribution in [0.2, 0.25) is 0 Å². The highest BCUT2D eigenvalue weighted by molar-refractivity contribution is 5.90. The highest BCUT2D eigenvalue weighted by Crippen LogP contribution is 2.57. The summed E-state index contributed by atoms with van der Waals surface area (Å²) in [5.74, 6) is 0. The number of fused-ring (bicyclic) bond motifs is 3. The van der Waals surface area contributed by atoms with E-state index in [1.165, 1.54) is 72.3 Å². The van der Waals surface area contributed by atoms with Crippen molar-refractivity contribution in [2.24, 2.45) is 0 Å². The minimum atomic E-state index is -0.491. The Morgan fingerprint density at radius 1 is 0.298 bits per heavy atom. The van der Waals surface area contributed by atoms with E-state index in [4.69, 9.17) is 0 Å². The lowest BCUT2D eigenvalue weighted by atomic mass is 9.67. The van der Waals surface area contributed by atoms with E-state index in [0.717, 1.165) is 17.1 Å². The summed E-state index contributed by atoms with van der Waals surface area (Å²) < 4.78 is 0.